The van der Waals surface area contributed by atoms with E-state index in [1.807, 2.05) is 36.4 Å². The van der Waals surface area contributed by atoms with Crippen molar-refractivity contribution in [2.45, 2.75) is 103 Å². The first-order valence-corrected chi connectivity index (χ1v) is 23.4. The number of fused-ring (bicyclic) bond motifs is 3. The molecule has 5 nitrogen and oxygen atoms in total. The summed E-state index contributed by atoms with van der Waals surface area (Å²) in [7, 11) is 0. The van der Waals surface area contributed by atoms with E-state index in [2.05, 4.69) is 50.4 Å². The van der Waals surface area contributed by atoms with Crippen LogP contribution in [0.3, 0.4) is 0 Å². The van der Waals surface area contributed by atoms with Crippen LogP contribution in [0.15, 0.2) is 60.7 Å². The zero-order chi connectivity index (χ0) is 28.8. The summed E-state index contributed by atoms with van der Waals surface area (Å²) < 4.78 is 17.0. The number of hydrogen-bond donors (Lipinski definition) is 1. The summed E-state index contributed by atoms with van der Waals surface area (Å²) in [6, 6.07) is 15.8. The normalized spacial score (nSPS) is 13.6. The molecule has 0 bridgehead atoms. The Kier molecular flexibility index (Phi) is 13.6. The number of carbonyl (C=O) groups is 2. The van der Waals surface area contributed by atoms with Gasteiger partial charge in [0, 0.05) is 0 Å². The first-order chi connectivity index (χ1) is 19.4. The van der Waals surface area contributed by atoms with Crippen molar-refractivity contribution in [1.82, 2.24) is 5.32 Å². The predicted octanol–water partition coefficient (Wildman–Crippen LogP) is 9.21. The molecule has 1 unspecified atom stereocenters. The first-order valence-electron chi connectivity index (χ1n) is 15.4. The molecule has 0 aromatic heterocycles. The number of nitrogens with one attached hydrogen (secondary N) is 1. The SMILES string of the molecule is CCC[CH2][Sn]([CH2]/C=C/CC(COC(C)=O)NC(=O)OC1c2ccccc2-c2ccccc21)([CH2]CCC)[CH2]CCC. The first kappa shape index (κ1) is 32.2. The molecule has 2 aromatic carbocycles. The van der Waals surface area contributed by atoms with Crippen LogP contribution < -0.4 is 5.32 Å². The van der Waals surface area contributed by atoms with Crippen LogP contribution in [-0.4, -0.2) is 43.1 Å². The van der Waals surface area contributed by atoms with Crippen LogP contribution in [0.25, 0.3) is 11.1 Å². The summed E-state index contributed by atoms with van der Waals surface area (Å²) in [4.78, 5) is 24.7. The molecule has 6 heteroatoms. The van der Waals surface area contributed by atoms with Gasteiger partial charge in [0.05, 0.1) is 0 Å². The summed E-state index contributed by atoms with van der Waals surface area (Å²) in [5.41, 5.74) is 4.18. The van der Waals surface area contributed by atoms with E-state index in [0.29, 0.717) is 6.42 Å². The molecule has 0 fully saturated rings. The maximum absolute atomic E-state index is 13.1. The van der Waals surface area contributed by atoms with Gasteiger partial charge in [-0.2, -0.15) is 0 Å². The minimum absolute atomic E-state index is 0.128. The Balaban J connectivity index is 1.67. The van der Waals surface area contributed by atoms with Crippen molar-refractivity contribution in [2.75, 3.05) is 6.61 Å². The number of unbranched alkanes of at least 4 members (excludes halogenated alkanes) is 3. The quantitative estimate of drug-likeness (QED) is 0.105. The molecule has 0 saturated heterocycles. The van der Waals surface area contributed by atoms with Gasteiger partial charge < -0.3 is 0 Å². The molecule has 0 spiro atoms. The van der Waals surface area contributed by atoms with Gasteiger partial charge in [0.25, 0.3) is 0 Å². The number of allylic oxidation sites excluding steroid dienone is 1. The molecule has 218 valence electrons. The monoisotopic (exact) mass is 655 g/mol. The fourth-order valence-electron chi connectivity index (χ4n) is 5.86. The second kappa shape index (κ2) is 16.9. The average Bonchev–Trinajstić information content (AvgIpc) is 3.27. The Labute approximate surface area is 246 Å². The average molecular weight is 654 g/mol. The van der Waals surface area contributed by atoms with Crippen LogP contribution in [0, 0.1) is 0 Å². The second-order valence-electron chi connectivity index (χ2n) is 11.3. The van der Waals surface area contributed by atoms with E-state index in [1.165, 1.54) is 63.2 Å². The van der Waals surface area contributed by atoms with Crippen LogP contribution in [0.2, 0.25) is 17.7 Å². The molecule has 0 aliphatic heterocycles. The number of amides is 1. The van der Waals surface area contributed by atoms with Gasteiger partial charge in [-0.3, -0.25) is 0 Å². The Hall–Kier alpha value is -2.28. The van der Waals surface area contributed by atoms with E-state index in [0.717, 1.165) is 22.3 Å². The molecule has 1 atom stereocenters. The van der Waals surface area contributed by atoms with Gasteiger partial charge in [-0.25, -0.2) is 0 Å². The summed E-state index contributed by atoms with van der Waals surface area (Å²) >= 11 is -2.26. The zero-order valence-electron chi connectivity index (χ0n) is 25.0. The van der Waals surface area contributed by atoms with Crippen LogP contribution in [-0.2, 0) is 14.3 Å². The van der Waals surface area contributed by atoms with Crippen molar-refractivity contribution >= 4 is 30.4 Å². The van der Waals surface area contributed by atoms with Gasteiger partial charge in [0.2, 0.25) is 0 Å². The fraction of sp³-hybridized carbons (Fsp3) is 0.529. The molecule has 0 saturated carbocycles. The van der Waals surface area contributed by atoms with Gasteiger partial charge in [0.15, 0.2) is 0 Å². The van der Waals surface area contributed by atoms with Gasteiger partial charge in [-0.05, 0) is 0 Å². The predicted molar refractivity (Wildman–Crippen MR) is 167 cm³/mol. The van der Waals surface area contributed by atoms with Crippen LogP contribution in [0.1, 0.15) is 89.9 Å². The molecule has 1 aliphatic carbocycles. The van der Waals surface area contributed by atoms with Crippen LogP contribution in [0.5, 0.6) is 0 Å². The number of rotatable bonds is 17. The Bertz CT molecular complexity index is 1050. The molecule has 1 N–H and O–H groups in total. The number of carbonyl (C=O) groups excluding carboxylic acids is 2. The molecular weight excluding hydrogens is 605 g/mol. The Morgan fingerprint density at radius 1 is 0.850 bits per heavy atom. The van der Waals surface area contributed by atoms with Crippen molar-refractivity contribution in [1.29, 1.82) is 0 Å². The van der Waals surface area contributed by atoms with Crippen molar-refractivity contribution in [3.63, 3.8) is 0 Å². The number of alkyl carbamates (subject to hydrolysis) is 1. The molecular formula is C34H49NO4Sn. The standard InChI is InChI=1S/C22H22NO4.3C4H9.Sn/c1-3-4-9-16(14-26-15(2)24)23-22(25)27-21-19-12-7-5-10-17(19)18-11-6-8-13-20(18)21;3*1-3-4-2;/h3-8,10-13,16,21H,1,9,14H2,2H3,(H,23,25);3*1,3-4H2,2H3;/b4-3+;;;;. The third-order valence-corrected chi connectivity index (χ3v) is 23.4. The molecule has 40 heavy (non-hydrogen) atoms. The van der Waals surface area contributed by atoms with Gasteiger partial charge in [-0.1, -0.05) is 12.1 Å². The maximum atomic E-state index is 13.1. The minimum atomic E-state index is -2.26. The van der Waals surface area contributed by atoms with Crippen molar-refractivity contribution in [2.24, 2.45) is 0 Å². The zero-order valence-corrected chi connectivity index (χ0v) is 27.9. The summed E-state index contributed by atoms with van der Waals surface area (Å²) in [6.45, 7) is 8.44. The summed E-state index contributed by atoms with van der Waals surface area (Å²) in [6.07, 6.45) is 12.1. The number of hydrogen-bond acceptors (Lipinski definition) is 4. The van der Waals surface area contributed by atoms with Gasteiger partial charge in [0.1, 0.15) is 0 Å². The Morgan fingerprint density at radius 2 is 1.38 bits per heavy atom. The van der Waals surface area contributed by atoms with E-state index >= 15 is 0 Å². The molecule has 2 aromatic rings. The van der Waals surface area contributed by atoms with E-state index < -0.39 is 30.6 Å². The van der Waals surface area contributed by atoms with Crippen molar-refractivity contribution in [3.8, 4) is 11.1 Å². The van der Waals surface area contributed by atoms with E-state index in [4.69, 9.17) is 9.47 Å². The number of ether oxygens (including phenoxy) is 2. The molecule has 1 aliphatic rings. The molecule has 3 rings (SSSR count). The molecule has 0 heterocycles. The fourth-order valence-corrected chi connectivity index (χ4v) is 21.1. The Morgan fingerprint density at radius 3 is 1.88 bits per heavy atom. The van der Waals surface area contributed by atoms with Crippen LogP contribution >= 0.6 is 0 Å². The number of benzene rings is 2. The third-order valence-electron chi connectivity index (χ3n) is 8.13. The van der Waals surface area contributed by atoms with Crippen molar-refractivity contribution < 1.29 is 19.1 Å². The van der Waals surface area contributed by atoms with Gasteiger partial charge >= 0.3 is 235 Å². The molecule has 1 amide bonds. The molecule has 0 radical (unpaired) electrons. The third kappa shape index (κ3) is 9.39. The summed E-state index contributed by atoms with van der Waals surface area (Å²) in [5, 5.41) is 2.99. The summed E-state index contributed by atoms with van der Waals surface area (Å²) in [5.74, 6) is -0.350. The van der Waals surface area contributed by atoms with Crippen molar-refractivity contribution in [3.05, 3.63) is 71.8 Å². The van der Waals surface area contributed by atoms with E-state index in [9.17, 15) is 9.59 Å². The van der Waals surface area contributed by atoms with E-state index in [1.54, 1.807) is 0 Å². The van der Waals surface area contributed by atoms with Gasteiger partial charge in [-0.15, -0.1) is 0 Å². The van der Waals surface area contributed by atoms with E-state index in [-0.39, 0.29) is 18.6 Å². The number of esters is 1. The topological polar surface area (TPSA) is 64.6 Å². The van der Waals surface area contributed by atoms with Crippen LogP contribution in [0.4, 0.5) is 4.79 Å². The second-order valence-corrected chi connectivity index (χ2v) is 25.3.